The number of rotatable bonds is 0. The fourth-order valence-electron chi connectivity index (χ4n) is 0.806. The largest absolute Gasteiger partial charge is 0.506 e. The second kappa shape index (κ2) is 4.11. The third-order valence-electron chi connectivity index (χ3n) is 1.43. The average Bonchev–Trinajstić information content (AvgIpc) is 2.13. The van der Waals surface area contributed by atoms with Crippen LogP contribution < -0.4 is 0 Å². The number of nitrogens with zero attached hydrogens (tertiary/aromatic N) is 2. The van der Waals surface area contributed by atoms with Gasteiger partial charge < -0.3 is 5.11 Å². The van der Waals surface area contributed by atoms with Crippen molar-refractivity contribution in [2.24, 2.45) is 0 Å². The number of aromatic hydroxyl groups is 1. The van der Waals surface area contributed by atoms with E-state index in [1.54, 1.807) is 0 Å². The Kier molecular flexibility index (Phi) is 3.33. The smallest absolute Gasteiger partial charge is 0.143 e. The lowest BCUT2D eigenvalue weighted by Gasteiger charge is -2.03. The van der Waals surface area contributed by atoms with Gasteiger partial charge >= 0.3 is 0 Å². The summed E-state index contributed by atoms with van der Waals surface area (Å²) >= 11 is 3.77. The standard InChI is InChI=1S/C8H2I2N2O/c9-6-1-4(2-11)5(3-12)7(10)8(6)13/h1,13H. The molecule has 1 aromatic rings. The van der Waals surface area contributed by atoms with Crippen LogP contribution in [0.1, 0.15) is 11.1 Å². The molecule has 0 saturated heterocycles. The second-order valence-corrected chi connectivity index (χ2v) is 4.41. The van der Waals surface area contributed by atoms with Crippen molar-refractivity contribution in [1.29, 1.82) is 10.5 Å². The Labute approximate surface area is 102 Å². The van der Waals surface area contributed by atoms with Gasteiger partial charge in [-0.1, -0.05) is 0 Å². The summed E-state index contributed by atoms with van der Waals surface area (Å²) in [6.45, 7) is 0. The summed E-state index contributed by atoms with van der Waals surface area (Å²) in [5.41, 5.74) is 0.537. The van der Waals surface area contributed by atoms with E-state index >= 15 is 0 Å². The molecule has 5 heteroatoms. The van der Waals surface area contributed by atoms with Crippen LogP contribution >= 0.6 is 45.2 Å². The van der Waals surface area contributed by atoms with E-state index in [9.17, 15) is 5.11 Å². The Morgan fingerprint density at radius 3 is 2.31 bits per heavy atom. The van der Waals surface area contributed by atoms with Gasteiger partial charge in [0, 0.05) is 0 Å². The molecule has 64 valence electrons. The third-order valence-corrected chi connectivity index (χ3v) is 3.30. The molecular weight excluding hydrogens is 394 g/mol. The molecule has 0 aliphatic heterocycles. The fraction of sp³-hybridized carbons (Fsp3) is 0. The van der Waals surface area contributed by atoms with Crippen molar-refractivity contribution in [2.75, 3.05) is 0 Å². The maximum Gasteiger partial charge on any atom is 0.143 e. The van der Waals surface area contributed by atoms with E-state index < -0.39 is 0 Å². The van der Waals surface area contributed by atoms with E-state index in [0.717, 1.165) is 0 Å². The molecule has 0 heterocycles. The van der Waals surface area contributed by atoms with Gasteiger partial charge in [-0.2, -0.15) is 10.5 Å². The first-order valence-electron chi connectivity index (χ1n) is 3.13. The lowest BCUT2D eigenvalue weighted by atomic mass is 10.1. The highest BCUT2D eigenvalue weighted by Crippen LogP contribution is 2.30. The van der Waals surface area contributed by atoms with Crippen LogP contribution in [0.3, 0.4) is 0 Å². The molecule has 13 heavy (non-hydrogen) atoms. The highest BCUT2D eigenvalue weighted by molar-refractivity contribution is 14.1. The predicted molar refractivity (Wildman–Crippen MR) is 63.0 cm³/mol. The molecule has 0 fully saturated rings. The van der Waals surface area contributed by atoms with Gasteiger partial charge in [-0.3, -0.25) is 0 Å². The number of phenolic OH excluding ortho intramolecular Hbond substituents is 1. The minimum Gasteiger partial charge on any atom is -0.506 e. The monoisotopic (exact) mass is 396 g/mol. The molecule has 0 aliphatic rings. The maximum atomic E-state index is 9.46. The van der Waals surface area contributed by atoms with Crippen molar-refractivity contribution in [2.45, 2.75) is 0 Å². The van der Waals surface area contributed by atoms with Crippen LogP contribution in [0.25, 0.3) is 0 Å². The van der Waals surface area contributed by atoms with Gasteiger partial charge in [-0.15, -0.1) is 0 Å². The minimum atomic E-state index is 0.0664. The number of phenols is 1. The summed E-state index contributed by atoms with van der Waals surface area (Å²) in [6.07, 6.45) is 0. The molecule has 0 radical (unpaired) electrons. The van der Waals surface area contributed by atoms with E-state index in [0.29, 0.717) is 12.7 Å². The number of halogens is 2. The van der Waals surface area contributed by atoms with Crippen LogP contribution in [0.5, 0.6) is 5.75 Å². The quantitative estimate of drug-likeness (QED) is 0.685. The van der Waals surface area contributed by atoms with Crippen LogP contribution in [0, 0.1) is 29.8 Å². The molecule has 1 aromatic carbocycles. The Balaban J connectivity index is 3.63. The summed E-state index contributed by atoms with van der Waals surface area (Å²) in [5.74, 6) is 0.0664. The van der Waals surface area contributed by atoms with Gasteiger partial charge in [-0.05, 0) is 51.2 Å². The molecule has 0 atom stereocenters. The topological polar surface area (TPSA) is 67.8 Å². The molecule has 0 bridgehead atoms. The number of benzene rings is 1. The van der Waals surface area contributed by atoms with Crippen molar-refractivity contribution in [3.05, 3.63) is 24.3 Å². The summed E-state index contributed by atoms with van der Waals surface area (Å²) in [7, 11) is 0. The molecule has 0 aliphatic carbocycles. The predicted octanol–water partition coefficient (Wildman–Crippen LogP) is 2.34. The van der Waals surface area contributed by atoms with Gasteiger partial charge in [0.05, 0.1) is 18.3 Å². The summed E-state index contributed by atoms with van der Waals surface area (Å²) in [6, 6.07) is 5.30. The summed E-state index contributed by atoms with van der Waals surface area (Å²) in [5, 5.41) is 26.9. The Morgan fingerprint density at radius 1 is 1.23 bits per heavy atom. The SMILES string of the molecule is N#Cc1cc(I)c(O)c(I)c1C#N. The second-order valence-electron chi connectivity index (χ2n) is 2.17. The fourth-order valence-corrected chi connectivity index (χ4v) is 2.61. The molecule has 0 aromatic heterocycles. The summed E-state index contributed by atoms with van der Waals surface area (Å²) in [4.78, 5) is 0. The first-order chi connectivity index (χ1) is 6.11. The zero-order valence-corrected chi connectivity index (χ0v) is 10.5. The molecular formula is C8H2I2N2O. The Hall–Kier alpha value is -0.540. The van der Waals surface area contributed by atoms with Gasteiger partial charge in [-0.25, -0.2) is 0 Å². The number of nitriles is 2. The van der Waals surface area contributed by atoms with Crippen LogP contribution in [-0.2, 0) is 0 Å². The van der Waals surface area contributed by atoms with Crippen molar-refractivity contribution >= 4 is 45.2 Å². The van der Waals surface area contributed by atoms with E-state index in [2.05, 4.69) is 0 Å². The molecule has 0 unspecified atom stereocenters. The van der Waals surface area contributed by atoms with Gasteiger partial charge in [0.25, 0.3) is 0 Å². The van der Waals surface area contributed by atoms with Gasteiger partial charge in [0.1, 0.15) is 17.9 Å². The molecule has 1 rings (SSSR count). The Bertz CT molecular complexity index is 443. The highest BCUT2D eigenvalue weighted by Gasteiger charge is 2.13. The lowest BCUT2D eigenvalue weighted by molar-refractivity contribution is 0.467. The molecule has 0 spiro atoms. The van der Waals surface area contributed by atoms with Crippen molar-refractivity contribution in [1.82, 2.24) is 0 Å². The minimum absolute atomic E-state index is 0.0664. The van der Waals surface area contributed by atoms with Gasteiger partial charge in [0.15, 0.2) is 0 Å². The maximum absolute atomic E-state index is 9.46. The molecule has 0 amide bonds. The van der Waals surface area contributed by atoms with E-state index in [1.165, 1.54) is 6.07 Å². The van der Waals surface area contributed by atoms with Crippen molar-refractivity contribution in [3.8, 4) is 17.9 Å². The number of hydrogen-bond donors (Lipinski definition) is 1. The van der Waals surface area contributed by atoms with Crippen molar-refractivity contribution in [3.63, 3.8) is 0 Å². The van der Waals surface area contributed by atoms with Crippen LogP contribution in [0.15, 0.2) is 6.07 Å². The van der Waals surface area contributed by atoms with Crippen LogP contribution in [0.4, 0.5) is 0 Å². The normalized spacial score (nSPS) is 8.92. The average molecular weight is 396 g/mol. The van der Waals surface area contributed by atoms with Crippen LogP contribution in [0.2, 0.25) is 0 Å². The van der Waals surface area contributed by atoms with E-state index in [4.69, 9.17) is 10.5 Å². The van der Waals surface area contributed by atoms with E-state index in [1.807, 2.05) is 57.3 Å². The number of hydrogen-bond acceptors (Lipinski definition) is 3. The highest BCUT2D eigenvalue weighted by atomic mass is 127. The first kappa shape index (κ1) is 10.5. The van der Waals surface area contributed by atoms with E-state index in [-0.39, 0.29) is 11.3 Å². The Morgan fingerprint density at radius 2 is 1.85 bits per heavy atom. The lowest BCUT2D eigenvalue weighted by Crippen LogP contribution is -1.91. The zero-order valence-electron chi connectivity index (χ0n) is 6.17. The van der Waals surface area contributed by atoms with Crippen molar-refractivity contribution < 1.29 is 5.11 Å². The zero-order chi connectivity index (χ0) is 10.0. The third kappa shape index (κ3) is 1.86. The molecule has 3 nitrogen and oxygen atoms in total. The molecule has 0 saturated carbocycles. The summed E-state index contributed by atoms with van der Waals surface area (Å²) < 4.78 is 1.01. The van der Waals surface area contributed by atoms with Gasteiger partial charge in [0.2, 0.25) is 0 Å². The first-order valence-corrected chi connectivity index (χ1v) is 5.28. The van der Waals surface area contributed by atoms with Crippen LogP contribution in [-0.4, -0.2) is 5.11 Å². The molecule has 1 N–H and O–H groups in total.